The highest BCUT2D eigenvalue weighted by Crippen LogP contribution is 2.22. The SMILES string of the molecule is Cc1nc(OCC(=O)O)sc1C. The molecule has 66 valence electrons. The fraction of sp³-hybridized carbons (Fsp3) is 0.429. The lowest BCUT2D eigenvalue weighted by molar-refractivity contribution is -0.139. The summed E-state index contributed by atoms with van der Waals surface area (Å²) in [4.78, 5) is 15.2. The summed E-state index contributed by atoms with van der Waals surface area (Å²) in [6, 6.07) is 0. The van der Waals surface area contributed by atoms with E-state index in [1.807, 2.05) is 13.8 Å². The fourth-order valence-corrected chi connectivity index (χ4v) is 1.38. The number of carboxylic acids is 1. The van der Waals surface area contributed by atoms with Gasteiger partial charge in [-0.1, -0.05) is 11.3 Å². The average Bonchev–Trinajstić information content (AvgIpc) is 2.28. The Hall–Kier alpha value is -1.10. The first-order chi connectivity index (χ1) is 5.59. The fourth-order valence-electron chi connectivity index (χ4n) is 0.629. The topological polar surface area (TPSA) is 59.4 Å². The summed E-state index contributed by atoms with van der Waals surface area (Å²) in [5, 5.41) is 8.73. The molecule has 1 rings (SSSR count). The van der Waals surface area contributed by atoms with Crippen molar-refractivity contribution in [3.8, 4) is 5.19 Å². The highest BCUT2D eigenvalue weighted by atomic mass is 32.1. The van der Waals surface area contributed by atoms with Crippen LogP contribution in [0, 0.1) is 13.8 Å². The van der Waals surface area contributed by atoms with Gasteiger partial charge in [0.1, 0.15) is 0 Å². The Morgan fingerprint density at radius 2 is 2.33 bits per heavy atom. The Morgan fingerprint density at radius 1 is 1.67 bits per heavy atom. The molecule has 0 atom stereocenters. The number of thiazole rings is 1. The summed E-state index contributed by atoms with van der Waals surface area (Å²) in [5.74, 6) is -0.986. The van der Waals surface area contributed by atoms with Crippen LogP contribution in [0.2, 0.25) is 0 Å². The van der Waals surface area contributed by atoms with Gasteiger partial charge in [0.2, 0.25) is 0 Å². The molecule has 0 aliphatic heterocycles. The predicted octanol–water partition coefficient (Wildman–Crippen LogP) is 1.22. The van der Waals surface area contributed by atoms with Crippen molar-refractivity contribution in [2.75, 3.05) is 6.61 Å². The van der Waals surface area contributed by atoms with Gasteiger partial charge >= 0.3 is 5.97 Å². The molecule has 1 aromatic heterocycles. The summed E-state index contributed by atoms with van der Waals surface area (Å²) < 4.78 is 4.88. The van der Waals surface area contributed by atoms with Gasteiger partial charge in [-0.2, -0.15) is 0 Å². The molecule has 0 amide bonds. The molecule has 0 fully saturated rings. The van der Waals surface area contributed by atoms with Gasteiger partial charge in [0.25, 0.3) is 5.19 Å². The Labute approximate surface area is 73.8 Å². The van der Waals surface area contributed by atoms with E-state index < -0.39 is 5.97 Å². The van der Waals surface area contributed by atoms with E-state index in [1.54, 1.807) is 0 Å². The maximum absolute atomic E-state index is 10.1. The monoisotopic (exact) mass is 187 g/mol. The Bertz CT molecular complexity index is 275. The molecule has 1 aromatic rings. The van der Waals surface area contributed by atoms with Crippen molar-refractivity contribution in [2.45, 2.75) is 13.8 Å². The van der Waals surface area contributed by atoms with Crippen LogP contribution in [0.1, 0.15) is 10.6 Å². The van der Waals surface area contributed by atoms with Crippen LogP contribution in [0.5, 0.6) is 5.19 Å². The zero-order chi connectivity index (χ0) is 9.14. The maximum Gasteiger partial charge on any atom is 0.341 e. The minimum Gasteiger partial charge on any atom is -0.479 e. The molecule has 4 nitrogen and oxygen atoms in total. The van der Waals surface area contributed by atoms with Crippen LogP contribution in [0.3, 0.4) is 0 Å². The summed E-state index contributed by atoms with van der Waals surface area (Å²) >= 11 is 1.36. The van der Waals surface area contributed by atoms with Gasteiger partial charge in [0.15, 0.2) is 6.61 Å². The summed E-state index contributed by atoms with van der Waals surface area (Å²) in [7, 11) is 0. The molecular weight excluding hydrogens is 178 g/mol. The molecule has 0 radical (unpaired) electrons. The first-order valence-electron chi connectivity index (χ1n) is 3.38. The van der Waals surface area contributed by atoms with Gasteiger partial charge in [0, 0.05) is 4.88 Å². The smallest absolute Gasteiger partial charge is 0.341 e. The lowest BCUT2D eigenvalue weighted by atomic mass is 10.4. The lowest BCUT2D eigenvalue weighted by Gasteiger charge is -1.94. The number of aliphatic carboxylic acids is 1. The molecule has 1 heterocycles. The van der Waals surface area contributed by atoms with Crippen LogP contribution in [-0.4, -0.2) is 22.7 Å². The summed E-state index contributed by atoms with van der Waals surface area (Å²) in [5.41, 5.74) is 0.889. The van der Waals surface area contributed by atoms with E-state index in [4.69, 9.17) is 9.84 Å². The largest absolute Gasteiger partial charge is 0.479 e. The zero-order valence-electron chi connectivity index (χ0n) is 6.83. The molecular formula is C7H9NO3S. The van der Waals surface area contributed by atoms with Crippen LogP contribution in [0.4, 0.5) is 0 Å². The Balaban J connectivity index is 2.58. The number of rotatable bonds is 3. The average molecular weight is 187 g/mol. The lowest BCUT2D eigenvalue weighted by Crippen LogP contribution is -2.09. The summed E-state index contributed by atoms with van der Waals surface area (Å²) in [6.07, 6.45) is 0. The van der Waals surface area contributed by atoms with Crippen LogP contribution in [-0.2, 0) is 4.79 Å². The highest BCUT2D eigenvalue weighted by Gasteiger charge is 2.05. The number of carboxylic acid groups (broad SMARTS) is 1. The maximum atomic E-state index is 10.1. The number of nitrogens with zero attached hydrogens (tertiary/aromatic N) is 1. The van der Waals surface area contributed by atoms with Gasteiger partial charge in [-0.05, 0) is 13.8 Å². The highest BCUT2D eigenvalue weighted by molar-refractivity contribution is 7.13. The summed E-state index contributed by atoms with van der Waals surface area (Å²) in [6.45, 7) is 3.45. The van der Waals surface area contributed by atoms with Gasteiger partial charge in [-0.3, -0.25) is 0 Å². The number of aromatic nitrogens is 1. The van der Waals surface area contributed by atoms with Crippen molar-refractivity contribution < 1.29 is 14.6 Å². The van der Waals surface area contributed by atoms with E-state index in [9.17, 15) is 4.79 Å². The number of ether oxygens (including phenoxy) is 1. The molecule has 0 bridgehead atoms. The van der Waals surface area contributed by atoms with Gasteiger partial charge in [-0.15, -0.1) is 0 Å². The third kappa shape index (κ3) is 2.20. The number of hydrogen-bond acceptors (Lipinski definition) is 4. The molecule has 0 saturated heterocycles. The Kier molecular flexibility index (Phi) is 2.65. The van der Waals surface area contributed by atoms with Crippen molar-refractivity contribution in [1.82, 2.24) is 4.98 Å². The Morgan fingerprint density at radius 3 is 2.75 bits per heavy atom. The van der Waals surface area contributed by atoms with Crippen LogP contribution in [0.25, 0.3) is 0 Å². The second kappa shape index (κ2) is 3.53. The van der Waals surface area contributed by atoms with Crippen molar-refractivity contribution in [3.05, 3.63) is 10.6 Å². The molecule has 12 heavy (non-hydrogen) atoms. The van der Waals surface area contributed by atoms with Crippen molar-refractivity contribution in [2.24, 2.45) is 0 Å². The van der Waals surface area contributed by atoms with Crippen LogP contribution < -0.4 is 4.74 Å². The second-order valence-corrected chi connectivity index (χ2v) is 3.47. The third-order valence-electron chi connectivity index (χ3n) is 1.33. The minimum atomic E-state index is -0.986. The number of hydrogen-bond donors (Lipinski definition) is 1. The van der Waals surface area contributed by atoms with E-state index in [0.29, 0.717) is 5.19 Å². The number of aryl methyl sites for hydroxylation is 2. The number of carbonyl (C=O) groups is 1. The van der Waals surface area contributed by atoms with E-state index in [2.05, 4.69) is 4.98 Å². The zero-order valence-corrected chi connectivity index (χ0v) is 7.64. The first kappa shape index (κ1) is 8.99. The van der Waals surface area contributed by atoms with Crippen LogP contribution in [0.15, 0.2) is 0 Å². The van der Waals surface area contributed by atoms with Gasteiger partial charge in [0.05, 0.1) is 5.69 Å². The minimum absolute atomic E-state index is 0.327. The standard InChI is InChI=1S/C7H9NO3S/c1-4-5(2)12-7(8-4)11-3-6(9)10/h3H2,1-2H3,(H,9,10). The van der Waals surface area contributed by atoms with E-state index in [1.165, 1.54) is 11.3 Å². The molecule has 5 heteroatoms. The second-order valence-electron chi connectivity index (χ2n) is 2.30. The molecule has 0 aromatic carbocycles. The van der Waals surface area contributed by atoms with Crippen molar-refractivity contribution in [1.29, 1.82) is 0 Å². The van der Waals surface area contributed by atoms with Gasteiger partial charge < -0.3 is 9.84 Å². The molecule has 1 N–H and O–H groups in total. The molecule has 0 saturated carbocycles. The van der Waals surface area contributed by atoms with Crippen molar-refractivity contribution >= 4 is 17.3 Å². The molecule has 0 spiro atoms. The first-order valence-corrected chi connectivity index (χ1v) is 4.20. The van der Waals surface area contributed by atoms with E-state index in [0.717, 1.165) is 10.6 Å². The predicted molar refractivity (Wildman–Crippen MR) is 44.7 cm³/mol. The van der Waals surface area contributed by atoms with Crippen LogP contribution >= 0.6 is 11.3 Å². The van der Waals surface area contributed by atoms with E-state index in [-0.39, 0.29) is 6.61 Å². The molecule has 0 unspecified atom stereocenters. The van der Waals surface area contributed by atoms with Gasteiger partial charge in [-0.25, -0.2) is 9.78 Å². The molecule has 0 aliphatic carbocycles. The van der Waals surface area contributed by atoms with E-state index >= 15 is 0 Å². The normalized spacial score (nSPS) is 9.83. The third-order valence-corrected chi connectivity index (χ3v) is 2.31. The van der Waals surface area contributed by atoms with Crippen molar-refractivity contribution in [3.63, 3.8) is 0 Å². The quantitative estimate of drug-likeness (QED) is 0.773. The molecule has 0 aliphatic rings.